The second-order valence-electron chi connectivity index (χ2n) is 5.75. The van der Waals surface area contributed by atoms with Gasteiger partial charge in [0.15, 0.2) is 0 Å². The minimum atomic E-state index is -0.470. The Morgan fingerprint density at radius 3 is 2.61 bits per heavy atom. The molecule has 0 saturated heterocycles. The predicted octanol–water partition coefficient (Wildman–Crippen LogP) is 1.72. The number of carbonyl (C=O) groups excluding carboxylic acids is 1. The van der Waals surface area contributed by atoms with E-state index in [-0.39, 0.29) is 18.1 Å². The zero-order valence-electron chi connectivity index (χ0n) is 11.2. The summed E-state index contributed by atoms with van der Waals surface area (Å²) >= 11 is 0. The van der Waals surface area contributed by atoms with Crippen molar-refractivity contribution >= 4 is 5.97 Å². The van der Waals surface area contributed by atoms with Crippen molar-refractivity contribution in [3.05, 3.63) is 22.9 Å². The van der Waals surface area contributed by atoms with Gasteiger partial charge < -0.3 is 4.74 Å². The first-order valence-electron chi connectivity index (χ1n) is 6.36. The highest BCUT2D eigenvalue weighted by Gasteiger charge is 2.25. The van der Waals surface area contributed by atoms with Crippen molar-refractivity contribution in [3.63, 3.8) is 0 Å². The van der Waals surface area contributed by atoms with E-state index < -0.39 is 5.60 Å². The average Bonchev–Trinajstić information content (AvgIpc) is 2.99. The molecule has 0 aromatic carbocycles. The molecular formula is C13H20N2O3. The van der Waals surface area contributed by atoms with Crippen molar-refractivity contribution in [2.45, 2.75) is 58.2 Å². The molecule has 0 spiro atoms. The van der Waals surface area contributed by atoms with E-state index in [2.05, 4.69) is 0 Å². The molecule has 0 amide bonds. The lowest BCUT2D eigenvalue weighted by Crippen LogP contribution is -2.27. The van der Waals surface area contributed by atoms with Crippen molar-refractivity contribution in [1.29, 1.82) is 0 Å². The van der Waals surface area contributed by atoms with Crippen LogP contribution >= 0.6 is 0 Å². The SMILES string of the molecule is CC(C)(C)OC(=O)CCn1ccn(C2CC2)c1=O. The minimum absolute atomic E-state index is 0.0268. The summed E-state index contributed by atoms with van der Waals surface area (Å²) in [6.45, 7) is 5.88. The minimum Gasteiger partial charge on any atom is -0.460 e. The molecule has 0 bridgehead atoms. The lowest BCUT2D eigenvalue weighted by molar-refractivity contribution is -0.155. The van der Waals surface area contributed by atoms with Crippen molar-refractivity contribution in [3.8, 4) is 0 Å². The second kappa shape index (κ2) is 4.63. The van der Waals surface area contributed by atoms with Gasteiger partial charge in [0.25, 0.3) is 0 Å². The summed E-state index contributed by atoms with van der Waals surface area (Å²) in [5, 5.41) is 0. The lowest BCUT2D eigenvalue weighted by atomic mass is 10.2. The quantitative estimate of drug-likeness (QED) is 0.767. The number of carbonyl (C=O) groups is 1. The molecule has 1 heterocycles. The van der Waals surface area contributed by atoms with Crippen LogP contribution in [0.3, 0.4) is 0 Å². The standard InChI is InChI=1S/C13H20N2O3/c1-13(2,3)18-11(16)6-7-14-8-9-15(12(14)17)10-4-5-10/h8-10H,4-7H2,1-3H3. The first kappa shape index (κ1) is 12.9. The molecule has 5 heteroatoms. The normalized spacial score (nSPS) is 15.7. The number of aryl methyl sites for hydroxylation is 1. The van der Waals surface area contributed by atoms with Gasteiger partial charge in [0.2, 0.25) is 0 Å². The van der Waals surface area contributed by atoms with Gasteiger partial charge in [-0.3, -0.25) is 13.9 Å². The number of ether oxygens (including phenoxy) is 1. The van der Waals surface area contributed by atoms with Crippen molar-refractivity contribution in [1.82, 2.24) is 9.13 Å². The maximum absolute atomic E-state index is 11.9. The summed E-state index contributed by atoms with van der Waals surface area (Å²) in [6, 6.07) is 0.375. The van der Waals surface area contributed by atoms with Crippen molar-refractivity contribution < 1.29 is 9.53 Å². The van der Waals surface area contributed by atoms with Gasteiger partial charge in [0.1, 0.15) is 5.60 Å². The van der Waals surface area contributed by atoms with Crippen molar-refractivity contribution in [2.75, 3.05) is 0 Å². The van der Waals surface area contributed by atoms with Gasteiger partial charge in [-0.1, -0.05) is 0 Å². The molecule has 1 aromatic heterocycles. The molecule has 0 radical (unpaired) electrons. The van der Waals surface area contributed by atoms with Crippen LogP contribution in [0.5, 0.6) is 0 Å². The zero-order valence-corrected chi connectivity index (χ0v) is 11.2. The summed E-state index contributed by atoms with van der Waals surface area (Å²) in [6.07, 6.45) is 5.93. The number of nitrogens with zero attached hydrogens (tertiary/aromatic N) is 2. The predicted molar refractivity (Wildman–Crippen MR) is 67.4 cm³/mol. The Labute approximate surface area is 106 Å². The Hall–Kier alpha value is -1.52. The number of aromatic nitrogens is 2. The molecule has 0 atom stereocenters. The van der Waals surface area contributed by atoms with Gasteiger partial charge >= 0.3 is 11.7 Å². The summed E-state index contributed by atoms with van der Waals surface area (Å²) < 4.78 is 8.52. The summed E-state index contributed by atoms with van der Waals surface area (Å²) in [5.41, 5.74) is -0.497. The molecule has 0 N–H and O–H groups in total. The van der Waals surface area contributed by atoms with Crippen LogP contribution in [0, 0.1) is 0 Å². The Bertz CT molecular complexity index is 489. The molecule has 1 aliphatic carbocycles. The molecule has 0 aliphatic heterocycles. The highest BCUT2D eigenvalue weighted by atomic mass is 16.6. The largest absolute Gasteiger partial charge is 0.460 e. The van der Waals surface area contributed by atoms with Gasteiger partial charge in [-0.25, -0.2) is 4.79 Å². The van der Waals surface area contributed by atoms with Gasteiger partial charge in [0.05, 0.1) is 6.42 Å². The molecule has 100 valence electrons. The van der Waals surface area contributed by atoms with Gasteiger partial charge in [-0.05, 0) is 33.6 Å². The smallest absolute Gasteiger partial charge is 0.328 e. The fraction of sp³-hybridized carbons (Fsp3) is 0.692. The molecule has 1 aliphatic rings. The average molecular weight is 252 g/mol. The van der Waals surface area contributed by atoms with Crippen LogP contribution in [0.2, 0.25) is 0 Å². The van der Waals surface area contributed by atoms with Crippen LogP contribution in [0.25, 0.3) is 0 Å². The van der Waals surface area contributed by atoms with E-state index in [4.69, 9.17) is 4.74 Å². The fourth-order valence-electron chi connectivity index (χ4n) is 1.83. The number of imidazole rings is 1. The molecular weight excluding hydrogens is 232 g/mol. The summed E-state index contributed by atoms with van der Waals surface area (Å²) in [5.74, 6) is -0.270. The zero-order chi connectivity index (χ0) is 13.3. The van der Waals surface area contributed by atoms with E-state index in [1.54, 1.807) is 21.5 Å². The Balaban J connectivity index is 1.90. The van der Waals surface area contributed by atoms with Crippen LogP contribution in [-0.2, 0) is 16.1 Å². The van der Waals surface area contributed by atoms with Crippen LogP contribution in [0.15, 0.2) is 17.2 Å². The van der Waals surface area contributed by atoms with E-state index in [9.17, 15) is 9.59 Å². The van der Waals surface area contributed by atoms with E-state index in [1.807, 2.05) is 20.8 Å². The number of esters is 1. The van der Waals surface area contributed by atoms with Gasteiger partial charge in [0, 0.05) is 25.0 Å². The Kier molecular flexibility index (Phi) is 3.32. The third-order valence-electron chi connectivity index (χ3n) is 2.79. The number of hydrogen-bond donors (Lipinski definition) is 0. The van der Waals surface area contributed by atoms with Crippen molar-refractivity contribution in [2.24, 2.45) is 0 Å². The Morgan fingerprint density at radius 1 is 1.39 bits per heavy atom. The number of hydrogen-bond acceptors (Lipinski definition) is 3. The van der Waals surface area contributed by atoms with Crippen LogP contribution < -0.4 is 5.69 Å². The molecule has 5 nitrogen and oxygen atoms in total. The van der Waals surface area contributed by atoms with Gasteiger partial charge in [-0.2, -0.15) is 0 Å². The molecule has 1 fully saturated rings. The molecule has 1 aromatic rings. The van der Waals surface area contributed by atoms with E-state index in [0.29, 0.717) is 12.6 Å². The third-order valence-corrected chi connectivity index (χ3v) is 2.79. The first-order chi connectivity index (χ1) is 8.37. The molecule has 0 unspecified atom stereocenters. The van der Waals surface area contributed by atoms with E-state index in [1.165, 1.54) is 0 Å². The molecule has 18 heavy (non-hydrogen) atoms. The third kappa shape index (κ3) is 3.24. The second-order valence-corrected chi connectivity index (χ2v) is 5.75. The van der Waals surface area contributed by atoms with Crippen LogP contribution in [-0.4, -0.2) is 20.7 Å². The monoisotopic (exact) mass is 252 g/mol. The molecule has 2 rings (SSSR count). The van der Waals surface area contributed by atoms with Crippen LogP contribution in [0.1, 0.15) is 46.1 Å². The number of rotatable bonds is 4. The highest BCUT2D eigenvalue weighted by molar-refractivity contribution is 5.69. The topological polar surface area (TPSA) is 53.2 Å². The maximum atomic E-state index is 11.9. The van der Waals surface area contributed by atoms with Crippen LogP contribution in [0.4, 0.5) is 0 Å². The first-order valence-corrected chi connectivity index (χ1v) is 6.36. The van der Waals surface area contributed by atoms with E-state index in [0.717, 1.165) is 12.8 Å². The lowest BCUT2D eigenvalue weighted by Gasteiger charge is -2.19. The summed E-state index contributed by atoms with van der Waals surface area (Å²) in [4.78, 5) is 23.5. The summed E-state index contributed by atoms with van der Waals surface area (Å²) in [7, 11) is 0. The van der Waals surface area contributed by atoms with E-state index >= 15 is 0 Å². The van der Waals surface area contributed by atoms with Gasteiger partial charge in [-0.15, -0.1) is 0 Å². The highest BCUT2D eigenvalue weighted by Crippen LogP contribution is 2.33. The fourth-order valence-corrected chi connectivity index (χ4v) is 1.83. The molecule has 1 saturated carbocycles. The Morgan fingerprint density at radius 2 is 2.06 bits per heavy atom. The maximum Gasteiger partial charge on any atom is 0.328 e.